The largest absolute Gasteiger partial charge is 0.493 e. The van der Waals surface area contributed by atoms with Gasteiger partial charge in [0, 0.05) is 21.1 Å². The lowest BCUT2D eigenvalue weighted by Crippen LogP contribution is -2.16. The maximum absolute atomic E-state index is 12.4. The molecule has 0 saturated heterocycles. The topological polar surface area (TPSA) is 68.7 Å². The van der Waals surface area contributed by atoms with E-state index >= 15 is 0 Å². The number of esters is 1. The highest BCUT2D eigenvalue weighted by molar-refractivity contribution is 9.11. The summed E-state index contributed by atoms with van der Waals surface area (Å²) in [6, 6.07) is 6.25. The zero-order valence-corrected chi connectivity index (χ0v) is 22.9. The minimum absolute atomic E-state index is 0.139. The van der Waals surface area contributed by atoms with E-state index in [1.807, 2.05) is 26.8 Å². The van der Waals surface area contributed by atoms with Gasteiger partial charge in [-0.1, -0.05) is 22.0 Å². The van der Waals surface area contributed by atoms with Gasteiger partial charge in [0.2, 0.25) is 0 Å². The molecule has 0 saturated carbocycles. The monoisotopic (exact) mass is 569 g/mol. The van der Waals surface area contributed by atoms with E-state index in [9.17, 15) is 4.79 Å². The Hall–Kier alpha value is -1.44. The molecule has 2 aromatic rings. The third-order valence-electron chi connectivity index (χ3n) is 4.53. The number of rotatable bonds is 5. The van der Waals surface area contributed by atoms with E-state index in [2.05, 4.69) is 49.0 Å². The van der Waals surface area contributed by atoms with Gasteiger partial charge in [-0.3, -0.25) is 9.78 Å². The van der Waals surface area contributed by atoms with Crippen molar-refractivity contribution in [1.82, 2.24) is 4.98 Å². The molecule has 32 heavy (non-hydrogen) atoms. The van der Waals surface area contributed by atoms with E-state index in [4.69, 9.17) is 14.6 Å². The molecule has 0 unspecified atom stereocenters. The standard InChI is InChI=1S/C21H23Br2NO3.C4H10O/c1-12(2)27-19(25)10-16-13(3)24-17(11-22)21(23)20(16)15-6-7-18-14(9-15)5-4-8-26-18;1-4(2,3)5/h6-7,9,12H,4-5,8,10-11H2,1-3H3;5H,1-3H3. The number of benzene rings is 1. The van der Waals surface area contributed by atoms with Crippen LogP contribution in [0.15, 0.2) is 22.7 Å². The molecule has 2 heterocycles. The number of carbonyl (C=O) groups is 1. The first-order chi connectivity index (χ1) is 14.9. The van der Waals surface area contributed by atoms with Crippen molar-refractivity contribution in [2.45, 2.75) is 77.8 Å². The molecular weight excluding hydrogens is 538 g/mol. The minimum Gasteiger partial charge on any atom is -0.493 e. The molecule has 0 spiro atoms. The van der Waals surface area contributed by atoms with E-state index in [0.29, 0.717) is 5.33 Å². The molecule has 0 fully saturated rings. The Balaban J connectivity index is 0.000000654. The average Bonchev–Trinajstić information content (AvgIpc) is 2.68. The van der Waals surface area contributed by atoms with Crippen LogP contribution in [0.5, 0.6) is 5.75 Å². The lowest BCUT2D eigenvalue weighted by Gasteiger charge is -2.21. The molecule has 5 nitrogen and oxygen atoms in total. The summed E-state index contributed by atoms with van der Waals surface area (Å²) in [5.41, 5.74) is 5.43. The molecule has 7 heteroatoms. The Morgan fingerprint density at radius 3 is 2.56 bits per heavy atom. The zero-order valence-electron chi connectivity index (χ0n) is 19.7. The van der Waals surface area contributed by atoms with Crippen LogP contribution in [0.1, 0.15) is 63.6 Å². The fourth-order valence-corrected chi connectivity index (χ4v) is 4.83. The molecule has 0 radical (unpaired) electrons. The highest BCUT2D eigenvalue weighted by Crippen LogP contribution is 2.39. The van der Waals surface area contributed by atoms with Crippen LogP contribution in [0, 0.1) is 6.92 Å². The maximum atomic E-state index is 12.4. The summed E-state index contributed by atoms with van der Waals surface area (Å²) in [5.74, 6) is 0.712. The fourth-order valence-electron chi connectivity index (χ4n) is 3.35. The van der Waals surface area contributed by atoms with Crippen molar-refractivity contribution in [3.05, 3.63) is 45.2 Å². The number of aryl methyl sites for hydroxylation is 2. The number of hydrogen-bond acceptors (Lipinski definition) is 5. The van der Waals surface area contributed by atoms with Gasteiger partial charge >= 0.3 is 5.97 Å². The molecule has 176 valence electrons. The Morgan fingerprint density at radius 2 is 1.97 bits per heavy atom. The molecule has 0 bridgehead atoms. The van der Waals surface area contributed by atoms with Crippen LogP contribution in [0.3, 0.4) is 0 Å². The summed E-state index contributed by atoms with van der Waals surface area (Å²) in [5, 5.41) is 9.15. The zero-order chi connectivity index (χ0) is 24.1. The number of aliphatic hydroxyl groups is 1. The Bertz CT molecular complexity index is 946. The third kappa shape index (κ3) is 7.85. The van der Waals surface area contributed by atoms with Crippen molar-refractivity contribution in [1.29, 1.82) is 0 Å². The van der Waals surface area contributed by atoms with Gasteiger partial charge in [-0.25, -0.2) is 0 Å². The van der Waals surface area contributed by atoms with Crippen LogP contribution in [-0.2, 0) is 27.7 Å². The van der Waals surface area contributed by atoms with Gasteiger partial charge in [0.15, 0.2) is 0 Å². The van der Waals surface area contributed by atoms with E-state index in [1.54, 1.807) is 20.8 Å². The van der Waals surface area contributed by atoms with Gasteiger partial charge in [0.1, 0.15) is 5.75 Å². The second-order valence-electron chi connectivity index (χ2n) is 9.11. The Labute approximate surface area is 208 Å². The summed E-state index contributed by atoms with van der Waals surface area (Å²) < 4.78 is 12.0. The summed E-state index contributed by atoms with van der Waals surface area (Å²) in [4.78, 5) is 17.0. The SMILES string of the molecule is CC(C)(C)O.Cc1nc(CBr)c(Br)c(-c2ccc3c(c2)CCCO3)c1CC(=O)OC(C)C. The Kier molecular flexibility index (Phi) is 9.73. The number of pyridine rings is 1. The predicted octanol–water partition coefficient (Wildman–Crippen LogP) is 6.31. The van der Waals surface area contributed by atoms with Crippen LogP contribution < -0.4 is 4.74 Å². The van der Waals surface area contributed by atoms with Gasteiger partial charge in [-0.15, -0.1) is 0 Å². The van der Waals surface area contributed by atoms with Gasteiger partial charge in [-0.05, 0) is 99.1 Å². The van der Waals surface area contributed by atoms with Crippen molar-refractivity contribution in [2.75, 3.05) is 6.61 Å². The van der Waals surface area contributed by atoms with Gasteiger partial charge in [0.05, 0.1) is 30.4 Å². The number of fused-ring (bicyclic) bond motifs is 1. The molecular formula is C25H33Br2NO4. The number of aromatic nitrogens is 1. The lowest BCUT2D eigenvalue weighted by atomic mass is 9.93. The minimum atomic E-state index is -0.500. The second-order valence-corrected chi connectivity index (χ2v) is 10.5. The van der Waals surface area contributed by atoms with Crippen molar-refractivity contribution in [3.63, 3.8) is 0 Å². The predicted molar refractivity (Wildman–Crippen MR) is 135 cm³/mol. The first-order valence-corrected chi connectivity index (χ1v) is 12.7. The summed E-state index contributed by atoms with van der Waals surface area (Å²) >= 11 is 7.24. The number of ether oxygens (including phenoxy) is 2. The highest BCUT2D eigenvalue weighted by Gasteiger charge is 2.22. The molecule has 1 N–H and O–H groups in total. The summed E-state index contributed by atoms with van der Waals surface area (Å²) in [6.07, 6.45) is 2.08. The normalized spacial score (nSPS) is 13.1. The highest BCUT2D eigenvalue weighted by atomic mass is 79.9. The average molecular weight is 571 g/mol. The molecule has 1 aromatic carbocycles. The molecule has 1 aliphatic rings. The molecule has 0 aliphatic carbocycles. The van der Waals surface area contributed by atoms with Crippen LogP contribution >= 0.6 is 31.9 Å². The number of halogens is 2. The molecule has 1 aromatic heterocycles. The summed E-state index contributed by atoms with van der Waals surface area (Å²) in [7, 11) is 0. The molecule has 1 aliphatic heterocycles. The van der Waals surface area contributed by atoms with Crippen LogP contribution in [0.25, 0.3) is 11.1 Å². The molecule has 0 atom stereocenters. The number of nitrogens with zero attached hydrogens (tertiary/aromatic N) is 1. The van der Waals surface area contributed by atoms with E-state index in [-0.39, 0.29) is 18.5 Å². The molecule has 3 rings (SSSR count). The number of hydrogen-bond donors (Lipinski definition) is 1. The number of alkyl halides is 1. The number of carbonyl (C=O) groups excluding carboxylic acids is 1. The first kappa shape index (κ1) is 26.8. The van der Waals surface area contributed by atoms with E-state index in [0.717, 1.165) is 57.7 Å². The third-order valence-corrected chi connectivity index (χ3v) is 5.91. The van der Waals surface area contributed by atoms with Crippen molar-refractivity contribution < 1.29 is 19.4 Å². The van der Waals surface area contributed by atoms with Crippen molar-refractivity contribution in [2.24, 2.45) is 0 Å². The first-order valence-electron chi connectivity index (χ1n) is 10.8. The lowest BCUT2D eigenvalue weighted by molar-refractivity contribution is -0.146. The van der Waals surface area contributed by atoms with Gasteiger partial charge < -0.3 is 14.6 Å². The second kappa shape index (κ2) is 11.6. The van der Waals surface area contributed by atoms with Crippen molar-refractivity contribution >= 4 is 37.8 Å². The fraction of sp³-hybridized carbons (Fsp3) is 0.520. The Morgan fingerprint density at radius 1 is 1.31 bits per heavy atom. The quantitative estimate of drug-likeness (QED) is 0.337. The van der Waals surface area contributed by atoms with Gasteiger partial charge in [-0.2, -0.15) is 0 Å². The maximum Gasteiger partial charge on any atom is 0.310 e. The summed E-state index contributed by atoms with van der Waals surface area (Å²) in [6.45, 7) is 11.7. The molecule has 0 amide bonds. The van der Waals surface area contributed by atoms with Gasteiger partial charge in [0.25, 0.3) is 0 Å². The van der Waals surface area contributed by atoms with E-state index in [1.165, 1.54) is 5.56 Å². The van der Waals surface area contributed by atoms with Crippen molar-refractivity contribution in [3.8, 4) is 16.9 Å². The van der Waals surface area contributed by atoms with E-state index < -0.39 is 5.60 Å². The smallest absolute Gasteiger partial charge is 0.310 e. The van der Waals surface area contributed by atoms with Crippen LogP contribution in [-0.4, -0.2) is 34.4 Å². The van der Waals surface area contributed by atoms with Crippen LogP contribution in [0.2, 0.25) is 0 Å². The van der Waals surface area contributed by atoms with Crippen LogP contribution in [0.4, 0.5) is 0 Å².